The zero-order valence-electron chi connectivity index (χ0n) is 10.6. The third-order valence-corrected chi connectivity index (χ3v) is 2.92. The van der Waals surface area contributed by atoms with Crippen molar-refractivity contribution in [3.05, 3.63) is 46.4 Å². The van der Waals surface area contributed by atoms with E-state index >= 15 is 0 Å². The quantitative estimate of drug-likeness (QED) is 0.745. The smallest absolute Gasteiger partial charge is 0.292 e. The van der Waals surface area contributed by atoms with Crippen molar-refractivity contribution in [2.45, 2.75) is 33.9 Å². The highest BCUT2D eigenvalue weighted by atomic mass is 16.1. The molecule has 0 amide bonds. The zero-order chi connectivity index (χ0) is 12.4. The van der Waals surface area contributed by atoms with Crippen molar-refractivity contribution in [2.24, 2.45) is 0 Å². The Hall–Kier alpha value is -1.77. The van der Waals surface area contributed by atoms with Crippen LogP contribution in [0.3, 0.4) is 0 Å². The Morgan fingerprint density at radius 1 is 1.18 bits per heavy atom. The maximum Gasteiger partial charge on any atom is 0.329 e. The van der Waals surface area contributed by atoms with Crippen LogP contribution in [-0.4, -0.2) is 9.13 Å². The van der Waals surface area contributed by atoms with Gasteiger partial charge in [0.25, 0.3) is 0 Å². The second-order valence-corrected chi connectivity index (χ2v) is 4.41. The maximum absolute atomic E-state index is 12.2. The second kappa shape index (κ2) is 4.62. The van der Waals surface area contributed by atoms with Crippen LogP contribution in [0.4, 0.5) is 0 Å². The summed E-state index contributed by atoms with van der Waals surface area (Å²) in [6.45, 7) is 7.45. The van der Waals surface area contributed by atoms with Gasteiger partial charge in [-0.15, -0.1) is 0 Å². The summed E-state index contributed by atoms with van der Waals surface area (Å²) in [5.41, 5.74) is 3.33. The van der Waals surface area contributed by atoms with Crippen molar-refractivity contribution in [3.8, 4) is 0 Å². The maximum atomic E-state index is 12.2. The normalized spacial score (nSPS) is 10.8. The van der Waals surface area contributed by atoms with E-state index < -0.39 is 0 Å². The lowest BCUT2D eigenvalue weighted by atomic mass is 10.3. The molecule has 1 aromatic carbocycles. The minimum atomic E-state index is 0.0752. The van der Waals surface area contributed by atoms with Gasteiger partial charge in [-0.3, -0.25) is 9.13 Å². The number of benzene rings is 1. The molecule has 90 valence electrons. The molecule has 1 aromatic heterocycles. The summed E-state index contributed by atoms with van der Waals surface area (Å²) in [5, 5.41) is 0. The predicted molar refractivity (Wildman–Crippen MR) is 71.3 cm³/mol. The Morgan fingerprint density at radius 3 is 2.29 bits per heavy atom. The van der Waals surface area contributed by atoms with E-state index in [0.717, 1.165) is 11.0 Å². The molecule has 1 heterocycles. The average molecular weight is 230 g/mol. The van der Waals surface area contributed by atoms with E-state index in [4.69, 9.17) is 0 Å². The number of rotatable bonds is 3. The SMILES string of the molecule is CCn1c(=O)n(CC=C(C)C)c2ccccc21. The molecule has 0 radical (unpaired) electrons. The molecule has 0 fully saturated rings. The topological polar surface area (TPSA) is 26.9 Å². The van der Waals surface area contributed by atoms with Crippen LogP contribution in [0, 0.1) is 0 Å². The molecule has 0 unspecified atom stereocenters. The third-order valence-electron chi connectivity index (χ3n) is 2.92. The molecular weight excluding hydrogens is 212 g/mol. The zero-order valence-corrected chi connectivity index (χ0v) is 10.6. The van der Waals surface area contributed by atoms with Gasteiger partial charge in [-0.25, -0.2) is 4.79 Å². The van der Waals surface area contributed by atoms with Crippen molar-refractivity contribution < 1.29 is 0 Å². The summed E-state index contributed by atoms with van der Waals surface area (Å²) in [5.74, 6) is 0. The van der Waals surface area contributed by atoms with Gasteiger partial charge < -0.3 is 0 Å². The van der Waals surface area contributed by atoms with Gasteiger partial charge in [0, 0.05) is 13.1 Å². The van der Waals surface area contributed by atoms with Crippen LogP contribution in [0.25, 0.3) is 11.0 Å². The van der Waals surface area contributed by atoms with E-state index in [2.05, 4.69) is 6.08 Å². The summed E-state index contributed by atoms with van der Waals surface area (Å²) in [6.07, 6.45) is 2.08. The van der Waals surface area contributed by atoms with Crippen molar-refractivity contribution in [1.82, 2.24) is 9.13 Å². The molecule has 17 heavy (non-hydrogen) atoms. The molecule has 3 nitrogen and oxygen atoms in total. The molecule has 0 spiro atoms. The predicted octanol–water partition coefficient (Wildman–Crippen LogP) is 2.79. The van der Waals surface area contributed by atoms with Crippen LogP contribution >= 0.6 is 0 Å². The van der Waals surface area contributed by atoms with E-state index in [1.807, 2.05) is 54.2 Å². The number of hydrogen-bond acceptors (Lipinski definition) is 1. The van der Waals surface area contributed by atoms with Gasteiger partial charge in [0.2, 0.25) is 0 Å². The summed E-state index contributed by atoms with van der Waals surface area (Å²) >= 11 is 0. The molecule has 0 saturated carbocycles. The van der Waals surface area contributed by atoms with Crippen molar-refractivity contribution in [1.29, 1.82) is 0 Å². The van der Waals surface area contributed by atoms with E-state index in [1.54, 1.807) is 0 Å². The van der Waals surface area contributed by atoms with E-state index in [9.17, 15) is 4.79 Å². The number of hydrogen-bond donors (Lipinski definition) is 0. The molecule has 2 rings (SSSR count). The van der Waals surface area contributed by atoms with Crippen LogP contribution in [0.1, 0.15) is 20.8 Å². The molecule has 0 saturated heterocycles. The molecule has 3 heteroatoms. The lowest BCUT2D eigenvalue weighted by molar-refractivity contribution is 0.689. The van der Waals surface area contributed by atoms with Crippen molar-refractivity contribution in [3.63, 3.8) is 0 Å². The number of allylic oxidation sites excluding steroid dienone is 2. The van der Waals surface area contributed by atoms with Crippen LogP contribution in [0.15, 0.2) is 40.7 Å². The molecule has 0 bridgehead atoms. The highest BCUT2D eigenvalue weighted by molar-refractivity contribution is 5.76. The lowest BCUT2D eigenvalue weighted by Gasteiger charge is -1.98. The largest absolute Gasteiger partial charge is 0.329 e. The average Bonchev–Trinajstić information content (AvgIpc) is 2.58. The Bertz CT molecular complexity index is 613. The minimum Gasteiger partial charge on any atom is -0.292 e. The van der Waals surface area contributed by atoms with Gasteiger partial charge in [0.1, 0.15) is 0 Å². The summed E-state index contributed by atoms with van der Waals surface area (Å²) in [6, 6.07) is 7.95. The van der Waals surface area contributed by atoms with Gasteiger partial charge in [0.05, 0.1) is 11.0 Å². The minimum absolute atomic E-state index is 0.0752. The van der Waals surface area contributed by atoms with Crippen LogP contribution < -0.4 is 5.69 Å². The van der Waals surface area contributed by atoms with Gasteiger partial charge >= 0.3 is 5.69 Å². The van der Waals surface area contributed by atoms with E-state index in [0.29, 0.717) is 13.1 Å². The summed E-state index contributed by atoms with van der Waals surface area (Å²) < 4.78 is 3.64. The van der Waals surface area contributed by atoms with Crippen LogP contribution in [-0.2, 0) is 13.1 Å². The molecule has 2 aromatic rings. The number of para-hydroxylation sites is 2. The Labute approximate surface area is 101 Å². The summed E-state index contributed by atoms with van der Waals surface area (Å²) in [4.78, 5) is 12.2. The standard InChI is InChI=1S/C14H18N2O/c1-4-15-12-7-5-6-8-13(12)16(14(15)17)10-9-11(2)3/h5-9H,4,10H2,1-3H3. The third kappa shape index (κ3) is 2.05. The number of nitrogens with zero attached hydrogens (tertiary/aromatic N) is 2. The first kappa shape index (κ1) is 11.7. The van der Waals surface area contributed by atoms with Crippen LogP contribution in [0.5, 0.6) is 0 Å². The molecule has 0 aliphatic heterocycles. The van der Waals surface area contributed by atoms with Crippen LogP contribution in [0.2, 0.25) is 0 Å². The van der Waals surface area contributed by atoms with Gasteiger partial charge in [-0.05, 0) is 32.9 Å². The number of aryl methyl sites for hydroxylation is 1. The van der Waals surface area contributed by atoms with Gasteiger partial charge in [-0.1, -0.05) is 23.8 Å². The Morgan fingerprint density at radius 2 is 1.76 bits per heavy atom. The fourth-order valence-electron chi connectivity index (χ4n) is 2.03. The van der Waals surface area contributed by atoms with Gasteiger partial charge in [0.15, 0.2) is 0 Å². The first-order valence-corrected chi connectivity index (χ1v) is 5.96. The monoisotopic (exact) mass is 230 g/mol. The van der Waals surface area contributed by atoms with E-state index in [1.165, 1.54) is 5.57 Å². The van der Waals surface area contributed by atoms with Crippen molar-refractivity contribution in [2.75, 3.05) is 0 Å². The highest BCUT2D eigenvalue weighted by Gasteiger charge is 2.09. The number of fused-ring (bicyclic) bond motifs is 1. The molecule has 0 aliphatic carbocycles. The summed E-state index contributed by atoms with van der Waals surface area (Å²) in [7, 11) is 0. The van der Waals surface area contributed by atoms with Crippen molar-refractivity contribution >= 4 is 11.0 Å². The highest BCUT2D eigenvalue weighted by Crippen LogP contribution is 2.12. The lowest BCUT2D eigenvalue weighted by Crippen LogP contribution is -2.23. The fourth-order valence-corrected chi connectivity index (χ4v) is 2.03. The Balaban J connectivity index is 2.66. The van der Waals surface area contributed by atoms with Gasteiger partial charge in [-0.2, -0.15) is 0 Å². The first-order valence-electron chi connectivity index (χ1n) is 5.96. The molecule has 0 aliphatic rings. The van der Waals surface area contributed by atoms with E-state index in [-0.39, 0.29) is 5.69 Å². The molecule has 0 atom stereocenters. The number of aromatic nitrogens is 2. The first-order chi connectivity index (χ1) is 8.15. The Kier molecular flexibility index (Phi) is 3.18. The second-order valence-electron chi connectivity index (χ2n) is 4.41. The number of imidazole rings is 1. The fraction of sp³-hybridized carbons (Fsp3) is 0.357. The molecular formula is C14H18N2O. The molecule has 0 N–H and O–H groups in total.